The molecule has 1 amide bonds. The number of carbonyl (C=O) groups is 1. The first-order valence-electron chi connectivity index (χ1n) is 8.27. The van der Waals surface area contributed by atoms with Crippen LogP contribution < -0.4 is 10.6 Å². The zero-order chi connectivity index (χ0) is 17.3. The molecular weight excluding hydrogens is 439 g/mol. The second-order valence-electron chi connectivity index (χ2n) is 6.78. The summed E-state index contributed by atoms with van der Waals surface area (Å²) in [5, 5.41) is 6.67. The smallest absolute Gasteiger partial charge is 0.410 e. The summed E-state index contributed by atoms with van der Waals surface area (Å²) in [5.74, 6) is 2.48. The Kier molecular flexibility index (Phi) is 11.9. The fraction of sp³-hybridized carbons (Fsp3) is 0.875. The van der Waals surface area contributed by atoms with Crippen LogP contribution in [0.2, 0.25) is 0 Å². The number of ether oxygens (including phenoxy) is 1. The predicted molar refractivity (Wildman–Crippen MR) is 114 cm³/mol. The molecule has 0 radical (unpaired) electrons. The lowest BCUT2D eigenvalue weighted by Gasteiger charge is -2.33. The minimum atomic E-state index is -0.426. The van der Waals surface area contributed by atoms with Crippen LogP contribution in [0.15, 0.2) is 4.99 Å². The van der Waals surface area contributed by atoms with Crippen LogP contribution in [0.4, 0.5) is 4.79 Å². The van der Waals surface area contributed by atoms with Crippen molar-refractivity contribution in [2.24, 2.45) is 10.9 Å². The fourth-order valence-corrected chi connectivity index (χ4v) is 2.69. The van der Waals surface area contributed by atoms with E-state index in [2.05, 4.69) is 21.9 Å². The number of hydrogen-bond donors (Lipinski definition) is 2. The molecule has 0 aliphatic carbocycles. The molecule has 1 aliphatic heterocycles. The molecule has 1 rings (SSSR count). The van der Waals surface area contributed by atoms with Crippen molar-refractivity contribution in [3.8, 4) is 0 Å². The van der Waals surface area contributed by atoms with Gasteiger partial charge in [0.15, 0.2) is 5.96 Å². The highest BCUT2D eigenvalue weighted by atomic mass is 127. The number of carbonyl (C=O) groups excluding carboxylic acids is 1. The normalized spacial score (nSPS) is 16.4. The molecule has 6 nitrogen and oxygen atoms in total. The third kappa shape index (κ3) is 9.80. The molecular formula is C16H33IN4O2S. The maximum atomic E-state index is 12.0. The highest BCUT2D eigenvalue weighted by Crippen LogP contribution is 2.19. The molecule has 1 heterocycles. The van der Waals surface area contributed by atoms with Crippen molar-refractivity contribution in [2.45, 2.75) is 39.2 Å². The first kappa shape index (κ1) is 23.6. The first-order chi connectivity index (χ1) is 10.9. The van der Waals surface area contributed by atoms with E-state index in [1.165, 1.54) is 0 Å². The summed E-state index contributed by atoms with van der Waals surface area (Å²) < 4.78 is 5.42. The summed E-state index contributed by atoms with van der Waals surface area (Å²) in [6, 6.07) is 0. The number of halogens is 1. The number of nitrogens with zero attached hydrogens (tertiary/aromatic N) is 2. The van der Waals surface area contributed by atoms with Gasteiger partial charge in [0, 0.05) is 39.0 Å². The second kappa shape index (κ2) is 12.1. The monoisotopic (exact) mass is 472 g/mol. The molecule has 2 N–H and O–H groups in total. The number of guanidine groups is 1. The number of nitrogens with one attached hydrogen (secondary N) is 2. The van der Waals surface area contributed by atoms with Crippen LogP contribution >= 0.6 is 35.7 Å². The summed E-state index contributed by atoms with van der Waals surface area (Å²) >= 11 is 1.81. The van der Waals surface area contributed by atoms with Crippen LogP contribution in [-0.2, 0) is 4.74 Å². The highest BCUT2D eigenvalue weighted by Gasteiger charge is 2.26. The van der Waals surface area contributed by atoms with E-state index >= 15 is 0 Å². The van der Waals surface area contributed by atoms with Crippen LogP contribution in [0.5, 0.6) is 0 Å². The molecule has 0 aromatic rings. The Morgan fingerprint density at radius 3 is 2.42 bits per heavy atom. The van der Waals surface area contributed by atoms with E-state index in [1.807, 2.05) is 37.4 Å². The van der Waals surface area contributed by atoms with Crippen LogP contribution in [0, 0.1) is 5.92 Å². The molecule has 0 aromatic heterocycles. The van der Waals surface area contributed by atoms with E-state index in [0.29, 0.717) is 5.92 Å². The van der Waals surface area contributed by atoms with E-state index in [1.54, 1.807) is 7.05 Å². The molecule has 0 spiro atoms. The lowest BCUT2D eigenvalue weighted by Crippen LogP contribution is -2.45. The maximum absolute atomic E-state index is 12.0. The van der Waals surface area contributed by atoms with Gasteiger partial charge in [-0.05, 0) is 45.8 Å². The van der Waals surface area contributed by atoms with E-state index in [-0.39, 0.29) is 30.1 Å². The summed E-state index contributed by atoms with van der Waals surface area (Å²) in [4.78, 5) is 18.1. The van der Waals surface area contributed by atoms with Gasteiger partial charge < -0.3 is 20.3 Å². The first-order valence-corrected chi connectivity index (χ1v) is 9.66. The number of amides is 1. The maximum Gasteiger partial charge on any atom is 0.410 e. The summed E-state index contributed by atoms with van der Waals surface area (Å²) in [6.45, 7) is 9.03. The van der Waals surface area contributed by atoms with Crippen molar-refractivity contribution in [2.75, 3.05) is 45.2 Å². The van der Waals surface area contributed by atoms with E-state index < -0.39 is 5.60 Å². The standard InChI is InChI=1S/C16H32N4O2S.HI/c1-16(2,3)22-15(21)20-9-6-13(7-10-20)12-19-14(17-4)18-8-11-23-5;/h13H,6-12H2,1-5H3,(H2,17,18,19);1H. The molecule has 0 bridgehead atoms. The number of aliphatic imine (C=N–C) groups is 1. The van der Waals surface area contributed by atoms with Gasteiger partial charge >= 0.3 is 6.09 Å². The third-order valence-corrected chi connectivity index (χ3v) is 4.26. The number of hydrogen-bond acceptors (Lipinski definition) is 4. The number of thioether (sulfide) groups is 1. The molecule has 1 saturated heterocycles. The summed E-state index contributed by atoms with van der Waals surface area (Å²) in [6.07, 6.45) is 3.89. The van der Waals surface area contributed by atoms with Gasteiger partial charge in [-0.2, -0.15) is 11.8 Å². The van der Waals surface area contributed by atoms with E-state index in [9.17, 15) is 4.79 Å². The quantitative estimate of drug-likeness (QED) is 0.279. The van der Waals surface area contributed by atoms with E-state index in [0.717, 1.165) is 50.7 Å². The Hall–Kier alpha value is -0.380. The van der Waals surface area contributed by atoms with Crippen LogP contribution in [0.3, 0.4) is 0 Å². The largest absolute Gasteiger partial charge is 0.444 e. The molecule has 0 atom stereocenters. The van der Waals surface area contributed by atoms with Crippen molar-refractivity contribution in [1.29, 1.82) is 0 Å². The van der Waals surface area contributed by atoms with Gasteiger partial charge in [0.2, 0.25) is 0 Å². The zero-order valence-electron chi connectivity index (χ0n) is 15.6. The fourth-order valence-electron chi connectivity index (χ4n) is 2.38. The zero-order valence-corrected chi connectivity index (χ0v) is 18.7. The molecule has 24 heavy (non-hydrogen) atoms. The van der Waals surface area contributed by atoms with Crippen LogP contribution in [-0.4, -0.2) is 67.8 Å². The van der Waals surface area contributed by atoms with Crippen molar-refractivity contribution in [3.05, 3.63) is 0 Å². The van der Waals surface area contributed by atoms with Crippen LogP contribution in [0.25, 0.3) is 0 Å². The van der Waals surface area contributed by atoms with E-state index in [4.69, 9.17) is 4.74 Å². The molecule has 142 valence electrons. The van der Waals surface area contributed by atoms with Gasteiger partial charge in [-0.25, -0.2) is 4.79 Å². The average molecular weight is 472 g/mol. The lowest BCUT2D eigenvalue weighted by molar-refractivity contribution is 0.0185. The molecule has 1 fully saturated rings. The number of piperidine rings is 1. The number of rotatable bonds is 5. The van der Waals surface area contributed by atoms with Gasteiger partial charge in [-0.1, -0.05) is 0 Å². The summed E-state index contributed by atoms with van der Waals surface area (Å²) in [7, 11) is 1.79. The van der Waals surface area contributed by atoms with Gasteiger partial charge in [0.1, 0.15) is 5.60 Å². The number of likely N-dealkylation sites (tertiary alicyclic amines) is 1. The second-order valence-corrected chi connectivity index (χ2v) is 7.77. The van der Waals surface area contributed by atoms with Crippen molar-refractivity contribution >= 4 is 47.8 Å². The van der Waals surface area contributed by atoms with Crippen molar-refractivity contribution in [1.82, 2.24) is 15.5 Å². The van der Waals surface area contributed by atoms with Gasteiger partial charge in [-0.15, -0.1) is 24.0 Å². The Bertz CT molecular complexity index is 394. The molecule has 0 unspecified atom stereocenters. The molecule has 0 aromatic carbocycles. The Balaban J connectivity index is 0.00000529. The van der Waals surface area contributed by atoms with Crippen LogP contribution in [0.1, 0.15) is 33.6 Å². The minimum Gasteiger partial charge on any atom is -0.444 e. The Morgan fingerprint density at radius 2 is 1.92 bits per heavy atom. The van der Waals surface area contributed by atoms with Gasteiger partial charge in [0.05, 0.1) is 0 Å². The van der Waals surface area contributed by atoms with Gasteiger partial charge in [0.25, 0.3) is 0 Å². The SMILES string of the molecule is CN=C(NCCSC)NCC1CCN(C(=O)OC(C)(C)C)CC1.I. The summed E-state index contributed by atoms with van der Waals surface area (Å²) in [5.41, 5.74) is -0.426. The average Bonchev–Trinajstić information content (AvgIpc) is 2.49. The highest BCUT2D eigenvalue weighted by molar-refractivity contribution is 14.0. The minimum absolute atomic E-state index is 0. The van der Waals surface area contributed by atoms with Gasteiger partial charge in [-0.3, -0.25) is 4.99 Å². The van der Waals surface area contributed by atoms with Crippen molar-refractivity contribution in [3.63, 3.8) is 0 Å². The Labute approximate surface area is 168 Å². The van der Waals surface area contributed by atoms with Crippen molar-refractivity contribution < 1.29 is 9.53 Å². The topological polar surface area (TPSA) is 66.0 Å². The predicted octanol–water partition coefficient (Wildman–Crippen LogP) is 2.78. The molecule has 0 saturated carbocycles. The lowest BCUT2D eigenvalue weighted by atomic mass is 9.97. The third-order valence-electron chi connectivity index (χ3n) is 3.65. The molecule has 1 aliphatic rings. The Morgan fingerprint density at radius 1 is 1.29 bits per heavy atom. The molecule has 8 heteroatoms.